The number of rotatable bonds is 5. The van der Waals surface area contributed by atoms with Gasteiger partial charge in [-0.3, -0.25) is 4.90 Å². The first-order chi connectivity index (χ1) is 9.09. The van der Waals surface area contributed by atoms with E-state index in [4.69, 9.17) is 9.47 Å². The Morgan fingerprint density at radius 1 is 1.42 bits per heavy atom. The van der Waals surface area contributed by atoms with Crippen LogP contribution in [0.3, 0.4) is 0 Å². The number of aliphatic hydroxyl groups is 1. The van der Waals surface area contributed by atoms with E-state index in [1.807, 2.05) is 45.2 Å². The van der Waals surface area contributed by atoms with Crippen molar-refractivity contribution in [3.63, 3.8) is 0 Å². The Balaban J connectivity index is 1.95. The Morgan fingerprint density at radius 3 is 2.89 bits per heavy atom. The molecule has 0 saturated carbocycles. The number of fused-ring (bicyclic) bond motifs is 1. The van der Waals surface area contributed by atoms with Crippen LogP contribution in [0, 0.1) is 0 Å². The van der Waals surface area contributed by atoms with Gasteiger partial charge in [0.2, 0.25) is 0 Å². The maximum Gasteiger partial charge on any atom is 0.125 e. The maximum atomic E-state index is 10.4. The van der Waals surface area contributed by atoms with Crippen molar-refractivity contribution in [1.29, 1.82) is 0 Å². The SMILES string of the molecule is CC(C)OCCN(C)C1COc2ccccc2C1O. The lowest BCUT2D eigenvalue weighted by Crippen LogP contribution is -2.45. The summed E-state index contributed by atoms with van der Waals surface area (Å²) in [7, 11) is 1.99. The predicted molar refractivity (Wildman–Crippen MR) is 74.4 cm³/mol. The molecule has 2 unspecified atom stereocenters. The van der Waals surface area contributed by atoms with E-state index in [-0.39, 0.29) is 12.1 Å². The van der Waals surface area contributed by atoms with Gasteiger partial charge in [-0.2, -0.15) is 0 Å². The summed E-state index contributed by atoms with van der Waals surface area (Å²) < 4.78 is 11.3. The fourth-order valence-corrected chi connectivity index (χ4v) is 2.30. The van der Waals surface area contributed by atoms with Crippen LogP contribution in [0.1, 0.15) is 25.5 Å². The third-order valence-electron chi connectivity index (χ3n) is 3.47. The van der Waals surface area contributed by atoms with Gasteiger partial charge in [0.1, 0.15) is 18.5 Å². The summed E-state index contributed by atoms with van der Waals surface area (Å²) in [6, 6.07) is 7.65. The van der Waals surface area contributed by atoms with Gasteiger partial charge in [-0.25, -0.2) is 0 Å². The summed E-state index contributed by atoms with van der Waals surface area (Å²) in [6.07, 6.45) is -0.268. The molecular formula is C15H23NO3. The zero-order valence-electron chi connectivity index (χ0n) is 11.9. The van der Waals surface area contributed by atoms with E-state index in [1.165, 1.54) is 0 Å². The van der Waals surface area contributed by atoms with Gasteiger partial charge >= 0.3 is 0 Å². The van der Waals surface area contributed by atoms with Gasteiger partial charge in [-0.15, -0.1) is 0 Å². The van der Waals surface area contributed by atoms with Gasteiger partial charge in [-0.1, -0.05) is 18.2 Å². The summed E-state index contributed by atoms with van der Waals surface area (Å²) in [5.41, 5.74) is 0.871. The van der Waals surface area contributed by atoms with E-state index in [2.05, 4.69) is 4.90 Å². The van der Waals surface area contributed by atoms with Crippen LogP contribution in [0.4, 0.5) is 0 Å². The third kappa shape index (κ3) is 3.47. The minimum Gasteiger partial charge on any atom is -0.491 e. The number of aliphatic hydroxyl groups excluding tert-OH is 1. The quantitative estimate of drug-likeness (QED) is 0.882. The van der Waals surface area contributed by atoms with Crippen molar-refractivity contribution in [2.75, 3.05) is 26.8 Å². The molecule has 2 atom stereocenters. The largest absolute Gasteiger partial charge is 0.491 e. The highest BCUT2D eigenvalue weighted by Gasteiger charge is 2.31. The molecule has 1 aromatic carbocycles. The molecule has 2 rings (SSSR count). The summed E-state index contributed by atoms with van der Waals surface area (Å²) >= 11 is 0. The van der Waals surface area contributed by atoms with Crippen molar-refractivity contribution in [1.82, 2.24) is 4.90 Å². The molecule has 4 nitrogen and oxygen atoms in total. The molecule has 19 heavy (non-hydrogen) atoms. The van der Waals surface area contributed by atoms with Crippen molar-refractivity contribution < 1.29 is 14.6 Å². The first-order valence-corrected chi connectivity index (χ1v) is 6.81. The fourth-order valence-electron chi connectivity index (χ4n) is 2.30. The van der Waals surface area contributed by atoms with Crippen LogP contribution >= 0.6 is 0 Å². The van der Waals surface area contributed by atoms with Crippen molar-refractivity contribution in [2.24, 2.45) is 0 Å². The standard InChI is InChI=1S/C15H23NO3/c1-11(2)18-9-8-16(3)13-10-19-14-7-5-4-6-12(14)15(13)17/h4-7,11,13,15,17H,8-10H2,1-3H3. The van der Waals surface area contributed by atoms with Crippen LogP contribution < -0.4 is 4.74 Å². The Labute approximate surface area is 114 Å². The van der Waals surface area contributed by atoms with Crippen molar-refractivity contribution in [2.45, 2.75) is 32.1 Å². The van der Waals surface area contributed by atoms with Gasteiger partial charge in [-0.05, 0) is 27.0 Å². The van der Waals surface area contributed by atoms with Crippen LogP contribution in [0.5, 0.6) is 5.75 Å². The minimum absolute atomic E-state index is 0.0225. The highest BCUT2D eigenvalue weighted by molar-refractivity contribution is 5.37. The van der Waals surface area contributed by atoms with Crippen molar-refractivity contribution >= 4 is 0 Å². The first kappa shape index (κ1) is 14.3. The van der Waals surface area contributed by atoms with Gasteiger partial charge in [0.25, 0.3) is 0 Å². The van der Waals surface area contributed by atoms with Gasteiger partial charge in [0, 0.05) is 12.1 Å². The average molecular weight is 265 g/mol. The van der Waals surface area contributed by atoms with Gasteiger partial charge in [0.05, 0.1) is 18.8 Å². The molecule has 0 bridgehead atoms. The van der Waals surface area contributed by atoms with Gasteiger partial charge < -0.3 is 14.6 Å². The zero-order valence-corrected chi connectivity index (χ0v) is 11.9. The number of likely N-dealkylation sites (N-methyl/N-ethyl adjacent to an activating group) is 1. The lowest BCUT2D eigenvalue weighted by Gasteiger charge is -2.36. The van der Waals surface area contributed by atoms with Crippen molar-refractivity contribution in [3.8, 4) is 5.75 Å². The second-order valence-corrected chi connectivity index (χ2v) is 5.26. The summed E-state index contributed by atoms with van der Waals surface area (Å²) in [5, 5.41) is 10.4. The summed E-state index contributed by atoms with van der Waals surface area (Å²) in [4.78, 5) is 2.10. The van der Waals surface area contributed by atoms with Gasteiger partial charge in [0.15, 0.2) is 0 Å². The lowest BCUT2D eigenvalue weighted by atomic mass is 9.98. The minimum atomic E-state index is -0.506. The molecule has 0 aliphatic carbocycles. The maximum absolute atomic E-state index is 10.4. The molecular weight excluding hydrogens is 242 g/mol. The molecule has 4 heteroatoms. The Bertz CT molecular complexity index is 408. The monoisotopic (exact) mass is 265 g/mol. The molecule has 1 aromatic rings. The molecule has 106 valence electrons. The van der Waals surface area contributed by atoms with E-state index in [0.29, 0.717) is 13.2 Å². The molecule has 1 aliphatic rings. The molecule has 0 saturated heterocycles. The van der Waals surface area contributed by atoms with E-state index in [1.54, 1.807) is 0 Å². The van der Waals surface area contributed by atoms with Crippen LogP contribution in [0.2, 0.25) is 0 Å². The predicted octanol–water partition coefficient (Wildman–Crippen LogP) is 1.84. The average Bonchev–Trinajstić information content (AvgIpc) is 2.39. The van der Waals surface area contributed by atoms with E-state index < -0.39 is 6.10 Å². The van der Waals surface area contributed by atoms with Crippen LogP contribution in [-0.4, -0.2) is 49.0 Å². The lowest BCUT2D eigenvalue weighted by molar-refractivity contribution is -0.00497. The summed E-state index contributed by atoms with van der Waals surface area (Å²) in [6.45, 7) is 6.00. The van der Waals surface area contributed by atoms with E-state index >= 15 is 0 Å². The first-order valence-electron chi connectivity index (χ1n) is 6.81. The van der Waals surface area contributed by atoms with Crippen LogP contribution in [-0.2, 0) is 4.74 Å². The topological polar surface area (TPSA) is 41.9 Å². The van der Waals surface area contributed by atoms with Crippen LogP contribution in [0.25, 0.3) is 0 Å². The zero-order chi connectivity index (χ0) is 13.8. The second kappa shape index (κ2) is 6.37. The number of hydrogen-bond donors (Lipinski definition) is 1. The molecule has 0 amide bonds. The van der Waals surface area contributed by atoms with E-state index in [0.717, 1.165) is 17.9 Å². The molecule has 1 aliphatic heterocycles. The smallest absolute Gasteiger partial charge is 0.125 e. The number of hydrogen-bond acceptors (Lipinski definition) is 4. The normalized spacial score (nSPS) is 22.4. The molecule has 0 spiro atoms. The highest BCUT2D eigenvalue weighted by Crippen LogP contribution is 2.33. The second-order valence-electron chi connectivity index (χ2n) is 5.26. The molecule has 0 aromatic heterocycles. The molecule has 1 N–H and O–H groups in total. The number of nitrogens with zero attached hydrogens (tertiary/aromatic N) is 1. The molecule has 0 fully saturated rings. The summed E-state index contributed by atoms with van der Waals surface area (Å²) in [5.74, 6) is 0.790. The van der Waals surface area contributed by atoms with E-state index in [9.17, 15) is 5.11 Å². The Kier molecular flexibility index (Phi) is 4.80. The molecule has 1 heterocycles. The number of para-hydroxylation sites is 1. The van der Waals surface area contributed by atoms with Crippen LogP contribution in [0.15, 0.2) is 24.3 Å². The third-order valence-corrected chi connectivity index (χ3v) is 3.47. The Hall–Kier alpha value is -1.10. The van der Waals surface area contributed by atoms with Crippen molar-refractivity contribution in [3.05, 3.63) is 29.8 Å². The molecule has 0 radical (unpaired) electrons. The highest BCUT2D eigenvalue weighted by atomic mass is 16.5. The number of ether oxygens (including phenoxy) is 2. The Morgan fingerprint density at radius 2 is 2.16 bits per heavy atom. The number of benzene rings is 1. The fraction of sp³-hybridized carbons (Fsp3) is 0.600.